The van der Waals surface area contributed by atoms with Gasteiger partial charge in [0.1, 0.15) is 0 Å². The summed E-state index contributed by atoms with van der Waals surface area (Å²) in [5.41, 5.74) is 5.39. The van der Waals surface area contributed by atoms with E-state index in [1.165, 1.54) is 0 Å². The molecule has 0 atom stereocenters. The average molecular weight is 268 g/mol. The lowest BCUT2D eigenvalue weighted by molar-refractivity contribution is -0.138. The highest BCUT2D eigenvalue weighted by Gasteiger charge is 2.36. The first-order valence-electron chi connectivity index (χ1n) is 5.23. The van der Waals surface area contributed by atoms with Gasteiger partial charge < -0.3 is 10.6 Å². The maximum atomic E-state index is 12.4. The van der Waals surface area contributed by atoms with Crippen LogP contribution in [0, 0.1) is 0 Å². The van der Waals surface area contributed by atoms with E-state index in [1.807, 2.05) is 13.8 Å². The van der Waals surface area contributed by atoms with Gasteiger partial charge in [-0.25, -0.2) is 0 Å². The molecule has 0 bridgehead atoms. The summed E-state index contributed by atoms with van der Waals surface area (Å²) in [6, 6.07) is 0.0654. The third-order valence-electron chi connectivity index (χ3n) is 2.13. The molecule has 0 saturated carbocycles. The molecule has 0 fully saturated rings. The summed E-state index contributed by atoms with van der Waals surface area (Å²) in [6.45, 7) is 4.87. The number of alkyl halides is 3. The van der Waals surface area contributed by atoms with Crippen LogP contribution in [-0.2, 0) is 6.18 Å². The van der Waals surface area contributed by atoms with Crippen LogP contribution >= 0.6 is 11.3 Å². The van der Waals surface area contributed by atoms with Crippen LogP contribution in [-0.4, -0.2) is 29.3 Å². The number of anilines is 1. The Morgan fingerprint density at radius 3 is 2.41 bits per heavy atom. The fourth-order valence-corrected chi connectivity index (χ4v) is 2.15. The summed E-state index contributed by atoms with van der Waals surface area (Å²) in [7, 11) is 0. The van der Waals surface area contributed by atoms with E-state index in [9.17, 15) is 13.2 Å². The van der Waals surface area contributed by atoms with Crippen LogP contribution in [0.2, 0.25) is 0 Å². The van der Waals surface area contributed by atoms with E-state index in [2.05, 4.69) is 10.2 Å². The van der Waals surface area contributed by atoms with Crippen molar-refractivity contribution in [2.45, 2.75) is 32.5 Å². The van der Waals surface area contributed by atoms with E-state index in [0.29, 0.717) is 36.0 Å². The third-order valence-corrected chi connectivity index (χ3v) is 3.13. The van der Waals surface area contributed by atoms with Crippen molar-refractivity contribution in [3.63, 3.8) is 0 Å². The molecule has 2 N–H and O–H groups in total. The minimum Gasteiger partial charge on any atom is -0.344 e. The maximum absolute atomic E-state index is 12.4. The van der Waals surface area contributed by atoms with Gasteiger partial charge in [0, 0.05) is 12.6 Å². The van der Waals surface area contributed by atoms with Gasteiger partial charge in [-0.05, 0) is 26.8 Å². The van der Waals surface area contributed by atoms with Crippen molar-refractivity contribution in [2.24, 2.45) is 5.73 Å². The number of nitrogens with zero attached hydrogens (tertiary/aromatic N) is 3. The average Bonchev–Trinajstić information content (AvgIpc) is 2.66. The second-order valence-electron chi connectivity index (χ2n) is 3.82. The molecule has 8 heteroatoms. The number of rotatable bonds is 5. The predicted molar refractivity (Wildman–Crippen MR) is 61.1 cm³/mol. The molecule has 0 spiro atoms. The van der Waals surface area contributed by atoms with Gasteiger partial charge in [0.05, 0.1) is 0 Å². The van der Waals surface area contributed by atoms with Gasteiger partial charge in [-0.15, -0.1) is 10.2 Å². The molecule has 0 aromatic carbocycles. The summed E-state index contributed by atoms with van der Waals surface area (Å²) in [4.78, 5) is 1.78. The lowest BCUT2D eigenvalue weighted by Gasteiger charge is -2.25. The van der Waals surface area contributed by atoms with Crippen molar-refractivity contribution in [1.82, 2.24) is 10.2 Å². The Hall–Kier alpha value is -0.890. The first kappa shape index (κ1) is 14.2. The number of nitrogens with two attached hydrogens (primary N) is 1. The first-order chi connectivity index (χ1) is 7.86. The largest absolute Gasteiger partial charge is 0.445 e. The van der Waals surface area contributed by atoms with Crippen molar-refractivity contribution in [2.75, 3.05) is 18.0 Å². The molecule has 0 aliphatic rings. The van der Waals surface area contributed by atoms with Gasteiger partial charge in [-0.2, -0.15) is 13.2 Å². The third kappa shape index (κ3) is 3.81. The van der Waals surface area contributed by atoms with Crippen LogP contribution in [0.4, 0.5) is 18.3 Å². The summed E-state index contributed by atoms with van der Waals surface area (Å²) < 4.78 is 37.2. The van der Waals surface area contributed by atoms with Gasteiger partial charge in [0.2, 0.25) is 10.1 Å². The fraction of sp³-hybridized carbons (Fsp3) is 0.778. The molecule has 1 aromatic heterocycles. The predicted octanol–water partition coefficient (Wildman–Crippen LogP) is 2.12. The molecule has 17 heavy (non-hydrogen) atoms. The zero-order valence-corrected chi connectivity index (χ0v) is 10.5. The molecule has 0 aliphatic carbocycles. The standard InChI is InChI=1S/C9H15F3N4S/c1-6(2)16(5-3-4-13)8-15-14-7(17-8)9(10,11)12/h6H,3-5,13H2,1-2H3. The van der Waals surface area contributed by atoms with E-state index >= 15 is 0 Å². The van der Waals surface area contributed by atoms with Gasteiger partial charge in [0.15, 0.2) is 0 Å². The number of hydrogen-bond acceptors (Lipinski definition) is 5. The van der Waals surface area contributed by atoms with Crippen LogP contribution in [0.25, 0.3) is 0 Å². The monoisotopic (exact) mass is 268 g/mol. The Morgan fingerprint density at radius 2 is 2.00 bits per heavy atom. The second-order valence-corrected chi connectivity index (χ2v) is 4.77. The van der Waals surface area contributed by atoms with Crippen LogP contribution in [0.15, 0.2) is 0 Å². The zero-order valence-electron chi connectivity index (χ0n) is 9.66. The number of hydrogen-bond donors (Lipinski definition) is 1. The Morgan fingerprint density at radius 1 is 1.35 bits per heavy atom. The summed E-state index contributed by atoms with van der Waals surface area (Å²) >= 11 is 0.565. The topological polar surface area (TPSA) is 55.0 Å². The van der Waals surface area contributed by atoms with Crippen molar-refractivity contribution >= 4 is 16.5 Å². The minimum atomic E-state index is -4.42. The first-order valence-corrected chi connectivity index (χ1v) is 6.05. The van der Waals surface area contributed by atoms with Crippen molar-refractivity contribution in [3.8, 4) is 0 Å². The highest BCUT2D eigenvalue weighted by Crippen LogP contribution is 2.34. The van der Waals surface area contributed by atoms with Crippen molar-refractivity contribution in [3.05, 3.63) is 5.01 Å². The summed E-state index contributed by atoms with van der Waals surface area (Å²) in [6.07, 6.45) is -3.72. The lowest BCUT2D eigenvalue weighted by Crippen LogP contribution is -2.32. The van der Waals surface area contributed by atoms with Crippen LogP contribution in [0.3, 0.4) is 0 Å². The molecule has 1 rings (SSSR count). The maximum Gasteiger partial charge on any atom is 0.445 e. The molecular formula is C9H15F3N4S. The zero-order chi connectivity index (χ0) is 13.1. The Labute approximate surface area is 102 Å². The van der Waals surface area contributed by atoms with E-state index in [0.717, 1.165) is 0 Å². The Bertz CT molecular complexity index is 350. The molecule has 4 nitrogen and oxygen atoms in total. The molecule has 0 amide bonds. The van der Waals surface area contributed by atoms with Gasteiger partial charge in [-0.3, -0.25) is 0 Å². The van der Waals surface area contributed by atoms with E-state index in [-0.39, 0.29) is 6.04 Å². The molecule has 1 heterocycles. The van der Waals surface area contributed by atoms with Crippen LogP contribution in [0.5, 0.6) is 0 Å². The van der Waals surface area contributed by atoms with Crippen LogP contribution in [0.1, 0.15) is 25.3 Å². The molecule has 0 saturated heterocycles. The van der Waals surface area contributed by atoms with E-state index < -0.39 is 11.2 Å². The van der Waals surface area contributed by atoms with Gasteiger partial charge in [-0.1, -0.05) is 11.3 Å². The number of halogens is 3. The summed E-state index contributed by atoms with van der Waals surface area (Å²) in [5, 5.41) is 6.14. The molecule has 98 valence electrons. The van der Waals surface area contributed by atoms with Gasteiger partial charge in [0.25, 0.3) is 0 Å². The van der Waals surface area contributed by atoms with Crippen molar-refractivity contribution < 1.29 is 13.2 Å². The minimum absolute atomic E-state index is 0.0654. The smallest absolute Gasteiger partial charge is 0.344 e. The SMILES string of the molecule is CC(C)N(CCCN)c1nnc(C(F)(F)F)s1. The normalized spacial score (nSPS) is 12.2. The Balaban J connectivity index is 2.84. The molecule has 0 radical (unpaired) electrons. The van der Waals surface area contributed by atoms with Crippen LogP contribution < -0.4 is 10.6 Å². The summed E-state index contributed by atoms with van der Waals surface area (Å²) in [5.74, 6) is 0. The molecule has 0 unspecified atom stereocenters. The number of aromatic nitrogens is 2. The van der Waals surface area contributed by atoms with Gasteiger partial charge >= 0.3 is 6.18 Å². The fourth-order valence-electron chi connectivity index (χ4n) is 1.28. The van der Waals surface area contributed by atoms with E-state index in [4.69, 9.17) is 5.73 Å². The quantitative estimate of drug-likeness (QED) is 0.888. The van der Waals surface area contributed by atoms with E-state index in [1.54, 1.807) is 4.90 Å². The molecule has 1 aromatic rings. The highest BCUT2D eigenvalue weighted by molar-refractivity contribution is 7.15. The second kappa shape index (κ2) is 5.63. The highest BCUT2D eigenvalue weighted by atomic mass is 32.1. The molecule has 0 aliphatic heterocycles. The lowest BCUT2D eigenvalue weighted by atomic mass is 10.3. The molecular weight excluding hydrogens is 253 g/mol. The Kier molecular flexibility index (Phi) is 4.70. The van der Waals surface area contributed by atoms with Crippen molar-refractivity contribution in [1.29, 1.82) is 0 Å².